The lowest BCUT2D eigenvalue weighted by molar-refractivity contribution is 0.578. The van der Waals surface area contributed by atoms with E-state index in [4.69, 9.17) is 5.73 Å². The Morgan fingerprint density at radius 1 is 1.32 bits per heavy atom. The van der Waals surface area contributed by atoms with Crippen LogP contribution >= 0.6 is 27.3 Å². The quantitative estimate of drug-likeness (QED) is 0.819. The molecule has 0 radical (unpaired) electrons. The fourth-order valence-corrected chi connectivity index (χ4v) is 4.09. The number of rotatable bonds is 4. The fraction of sp³-hybridized carbons (Fsp3) is 0.0909. The second kappa shape index (κ2) is 5.58. The van der Waals surface area contributed by atoms with Gasteiger partial charge in [-0.2, -0.15) is 0 Å². The minimum Gasteiger partial charge on any atom is -0.398 e. The van der Waals surface area contributed by atoms with Crippen molar-refractivity contribution in [2.45, 2.75) is 11.4 Å². The number of nitrogen functional groups attached to an aromatic ring is 1. The number of thiophene rings is 1. The highest BCUT2D eigenvalue weighted by Crippen LogP contribution is 2.23. The Labute approximate surface area is 122 Å². The molecule has 2 aromatic rings. The standard InChI is InChI=1S/C11H10BrFN2O2S2/c12-11-4-2-8(18-11)6-15-19(16,17)10-5-7(13)1-3-9(10)14/h1-5,15H,6,14H2. The van der Waals surface area contributed by atoms with Gasteiger partial charge in [-0.1, -0.05) is 0 Å². The number of hydrogen-bond acceptors (Lipinski definition) is 4. The molecule has 19 heavy (non-hydrogen) atoms. The minimum atomic E-state index is -3.83. The summed E-state index contributed by atoms with van der Waals surface area (Å²) in [5.74, 6) is -0.645. The molecule has 0 aliphatic rings. The van der Waals surface area contributed by atoms with Gasteiger partial charge < -0.3 is 5.73 Å². The lowest BCUT2D eigenvalue weighted by Crippen LogP contribution is -2.23. The monoisotopic (exact) mass is 364 g/mol. The molecule has 0 spiro atoms. The summed E-state index contributed by atoms with van der Waals surface area (Å²) in [6.07, 6.45) is 0. The molecule has 1 heterocycles. The molecule has 1 aromatic carbocycles. The fourth-order valence-electron chi connectivity index (χ4n) is 1.43. The van der Waals surface area contributed by atoms with Crippen LogP contribution in [0.3, 0.4) is 0 Å². The molecule has 8 heteroatoms. The molecule has 0 aliphatic carbocycles. The Hall–Kier alpha value is -0.960. The van der Waals surface area contributed by atoms with E-state index < -0.39 is 15.8 Å². The second-order valence-electron chi connectivity index (χ2n) is 3.71. The zero-order chi connectivity index (χ0) is 14.0. The van der Waals surface area contributed by atoms with Crippen LogP contribution in [0.5, 0.6) is 0 Å². The largest absolute Gasteiger partial charge is 0.398 e. The van der Waals surface area contributed by atoms with Crippen LogP contribution in [-0.2, 0) is 16.6 Å². The Morgan fingerprint density at radius 2 is 2.05 bits per heavy atom. The van der Waals surface area contributed by atoms with Gasteiger partial charge in [0.15, 0.2) is 0 Å². The van der Waals surface area contributed by atoms with Crippen molar-refractivity contribution >= 4 is 43.0 Å². The number of hydrogen-bond donors (Lipinski definition) is 2. The average molecular weight is 365 g/mol. The zero-order valence-electron chi connectivity index (χ0n) is 9.56. The maximum Gasteiger partial charge on any atom is 0.243 e. The predicted octanol–water partition coefficient (Wildman–Crippen LogP) is 2.71. The summed E-state index contributed by atoms with van der Waals surface area (Å²) in [5, 5.41) is 0. The lowest BCUT2D eigenvalue weighted by Gasteiger charge is -2.08. The van der Waals surface area contributed by atoms with Crippen LogP contribution in [0.15, 0.2) is 39.0 Å². The van der Waals surface area contributed by atoms with Gasteiger partial charge in [-0.05, 0) is 46.3 Å². The molecule has 0 saturated carbocycles. The molecule has 0 unspecified atom stereocenters. The van der Waals surface area contributed by atoms with Crippen LogP contribution in [-0.4, -0.2) is 8.42 Å². The first-order valence-electron chi connectivity index (χ1n) is 5.17. The first kappa shape index (κ1) is 14.4. The number of benzene rings is 1. The van der Waals surface area contributed by atoms with Crippen molar-refractivity contribution in [3.05, 3.63) is 44.8 Å². The third-order valence-electron chi connectivity index (χ3n) is 2.33. The molecular weight excluding hydrogens is 355 g/mol. The second-order valence-corrected chi connectivity index (χ2v) is 8.00. The Morgan fingerprint density at radius 3 is 2.68 bits per heavy atom. The molecule has 0 amide bonds. The van der Waals surface area contributed by atoms with Crippen molar-refractivity contribution in [3.63, 3.8) is 0 Å². The number of nitrogens with one attached hydrogen (secondary N) is 1. The van der Waals surface area contributed by atoms with E-state index in [2.05, 4.69) is 20.7 Å². The van der Waals surface area contributed by atoms with Crippen LogP contribution in [0.1, 0.15) is 4.88 Å². The summed E-state index contributed by atoms with van der Waals surface area (Å²) < 4.78 is 40.4. The van der Waals surface area contributed by atoms with Crippen molar-refractivity contribution < 1.29 is 12.8 Å². The van der Waals surface area contributed by atoms with Crippen LogP contribution < -0.4 is 10.5 Å². The van der Waals surface area contributed by atoms with E-state index in [1.807, 2.05) is 6.07 Å². The van der Waals surface area contributed by atoms with Crippen LogP contribution in [0, 0.1) is 5.82 Å². The highest BCUT2D eigenvalue weighted by Gasteiger charge is 2.18. The van der Waals surface area contributed by atoms with Gasteiger partial charge in [-0.3, -0.25) is 0 Å². The third-order valence-corrected chi connectivity index (χ3v) is 5.41. The molecule has 4 nitrogen and oxygen atoms in total. The first-order chi connectivity index (χ1) is 8.88. The minimum absolute atomic E-state index is 0.0151. The summed E-state index contributed by atoms with van der Waals surface area (Å²) in [6.45, 7) is 0.133. The molecular formula is C11H10BrFN2O2S2. The topological polar surface area (TPSA) is 72.2 Å². The molecule has 0 saturated heterocycles. The number of nitrogens with two attached hydrogens (primary N) is 1. The van der Waals surface area contributed by atoms with E-state index in [-0.39, 0.29) is 17.1 Å². The molecule has 3 N–H and O–H groups in total. The van der Waals surface area contributed by atoms with Gasteiger partial charge >= 0.3 is 0 Å². The summed E-state index contributed by atoms with van der Waals surface area (Å²) in [7, 11) is -3.83. The molecule has 0 fully saturated rings. The van der Waals surface area contributed by atoms with Crippen LogP contribution in [0.25, 0.3) is 0 Å². The third kappa shape index (κ3) is 3.53. The average Bonchev–Trinajstić information content (AvgIpc) is 2.76. The zero-order valence-corrected chi connectivity index (χ0v) is 12.8. The van der Waals surface area contributed by atoms with Gasteiger partial charge in [0.25, 0.3) is 0 Å². The lowest BCUT2D eigenvalue weighted by atomic mass is 10.3. The van der Waals surface area contributed by atoms with E-state index in [9.17, 15) is 12.8 Å². The SMILES string of the molecule is Nc1ccc(F)cc1S(=O)(=O)NCc1ccc(Br)s1. The summed E-state index contributed by atoms with van der Waals surface area (Å²) in [6, 6.07) is 6.87. The van der Waals surface area contributed by atoms with Gasteiger partial charge in [-0.25, -0.2) is 17.5 Å². The number of sulfonamides is 1. The summed E-state index contributed by atoms with van der Waals surface area (Å²) in [5.41, 5.74) is 5.57. The van der Waals surface area contributed by atoms with E-state index in [1.54, 1.807) is 6.07 Å². The van der Waals surface area contributed by atoms with Crippen LogP contribution in [0.4, 0.5) is 10.1 Å². The summed E-state index contributed by atoms with van der Waals surface area (Å²) >= 11 is 4.71. The molecule has 2 rings (SSSR count). The van der Waals surface area contributed by atoms with E-state index in [0.717, 1.165) is 20.8 Å². The molecule has 1 aromatic heterocycles. The first-order valence-corrected chi connectivity index (χ1v) is 8.26. The predicted molar refractivity (Wildman–Crippen MR) is 76.9 cm³/mol. The maximum absolute atomic E-state index is 13.1. The highest BCUT2D eigenvalue weighted by molar-refractivity contribution is 9.11. The van der Waals surface area contributed by atoms with Crippen molar-refractivity contribution in [3.8, 4) is 0 Å². The smallest absolute Gasteiger partial charge is 0.243 e. The number of halogens is 2. The molecule has 102 valence electrons. The highest BCUT2D eigenvalue weighted by atomic mass is 79.9. The normalized spacial score (nSPS) is 11.7. The van der Waals surface area contributed by atoms with Crippen molar-refractivity contribution in [2.75, 3.05) is 5.73 Å². The number of anilines is 1. The Bertz CT molecular complexity index is 700. The van der Waals surface area contributed by atoms with Crippen LogP contribution in [0.2, 0.25) is 0 Å². The van der Waals surface area contributed by atoms with Crippen molar-refractivity contribution in [2.24, 2.45) is 0 Å². The summed E-state index contributed by atoms with van der Waals surface area (Å²) in [4.78, 5) is 0.591. The molecule has 0 aliphatic heterocycles. The van der Waals surface area contributed by atoms with Gasteiger partial charge in [0, 0.05) is 11.4 Å². The maximum atomic E-state index is 13.1. The van der Waals surface area contributed by atoms with E-state index >= 15 is 0 Å². The molecule has 0 bridgehead atoms. The molecule has 0 atom stereocenters. The van der Waals surface area contributed by atoms with Gasteiger partial charge in [0.05, 0.1) is 9.47 Å². The van der Waals surface area contributed by atoms with E-state index in [0.29, 0.717) is 0 Å². The van der Waals surface area contributed by atoms with E-state index in [1.165, 1.54) is 17.4 Å². The van der Waals surface area contributed by atoms with Crippen molar-refractivity contribution in [1.82, 2.24) is 4.72 Å². The Balaban J connectivity index is 2.20. The Kier molecular flexibility index (Phi) is 4.24. The van der Waals surface area contributed by atoms with Crippen molar-refractivity contribution in [1.29, 1.82) is 0 Å². The van der Waals surface area contributed by atoms with Gasteiger partial charge in [-0.15, -0.1) is 11.3 Å². The van der Waals surface area contributed by atoms with Gasteiger partial charge in [0.1, 0.15) is 10.7 Å². The van der Waals surface area contributed by atoms with Gasteiger partial charge in [0.2, 0.25) is 10.0 Å².